The van der Waals surface area contributed by atoms with E-state index in [9.17, 15) is 0 Å². The third-order valence-corrected chi connectivity index (χ3v) is 4.34. The normalized spacial score (nSPS) is 18.1. The van der Waals surface area contributed by atoms with Gasteiger partial charge >= 0.3 is 0 Å². The smallest absolute Gasteiger partial charge is 0.146 e. The van der Waals surface area contributed by atoms with Crippen molar-refractivity contribution in [3.8, 4) is 0 Å². The first-order valence-corrected chi connectivity index (χ1v) is 6.94. The Morgan fingerprint density at radius 2 is 1.94 bits per heavy atom. The number of benzene rings is 2. The molecule has 0 saturated heterocycles. The lowest BCUT2D eigenvalue weighted by molar-refractivity contribution is -0.831. The molecule has 1 atom stereocenters. The molecule has 0 radical (unpaired) electrons. The van der Waals surface area contributed by atoms with Gasteiger partial charge in [0.15, 0.2) is 0 Å². The monoisotopic (exact) mass is 242 g/mol. The summed E-state index contributed by atoms with van der Waals surface area (Å²) in [7, 11) is 0. The first-order valence-electron chi connectivity index (χ1n) is 5.95. The number of hydrogen-bond acceptors (Lipinski definition) is 1. The third kappa shape index (κ3) is 2.24. The molecule has 2 aromatic carbocycles. The van der Waals surface area contributed by atoms with Gasteiger partial charge in [-0.25, -0.2) is 0 Å². The van der Waals surface area contributed by atoms with Crippen molar-refractivity contribution < 1.29 is 4.90 Å². The van der Waals surface area contributed by atoms with Crippen molar-refractivity contribution in [1.29, 1.82) is 0 Å². The topological polar surface area (TPSA) is 4.44 Å². The molecule has 2 aromatic rings. The molecular formula is C15H16NS+. The second-order valence-electron chi connectivity index (χ2n) is 4.55. The van der Waals surface area contributed by atoms with Crippen LogP contribution in [0.15, 0.2) is 53.4 Å². The molecule has 1 nitrogen and oxygen atoms in total. The Hall–Kier alpha value is -1.25. The van der Waals surface area contributed by atoms with Gasteiger partial charge < -0.3 is 0 Å². The molecule has 1 N–H and O–H groups in total. The van der Waals surface area contributed by atoms with Crippen molar-refractivity contribution in [2.45, 2.75) is 18.4 Å². The lowest BCUT2D eigenvalue weighted by Gasteiger charge is -2.12. The number of quaternary nitrogens is 1. The van der Waals surface area contributed by atoms with Crippen LogP contribution < -0.4 is 4.90 Å². The highest BCUT2D eigenvalue weighted by Crippen LogP contribution is 2.29. The van der Waals surface area contributed by atoms with Crippen LogP contribution >= 0.6 is 11.8 Å². The van der Waals surface area contributed by atoms with E-state index < -0.39 is 0 Å². The Morgan fingerprint density at radius 1 is 1.12 bits per heavy atom. The largest absolute Gasteiger partial charge is 0.289 e. The molecule has 1 aliphatic heterocycles. The zero-order valence-electron chi connectivity index (χ0n) is 9.94. The molecule has 2 heteroatoms. The quantitative estimate of drug-likeness (QED) is 0.848. The molecule has 0 bridgehead atoms. The molecule has 17 heavy (non-hydrogen) atoms. The van der Waals surface area contributed by atoms with Crippen molar-refractivity contribution >= 4 is 17.4 Å². The van der Waals surface area contributed by atoms with Crippen molar-refractivity contribution in [1.82, 2.24) is 0 Å². The molecule has 0 aliphatic carbocycles. The second kappa shape index (κ2) is 4.55. The van der Waals surface area contributed by atoms with Gasteiger partial charge in [-0.1, -0.05) is 48.2 Å². The van der Waals surface area contributed by atoms with Gasteiger partial charge in [-0.3, -0.25) is 4.90 Å². The fourth-order valence-electron chi connectivity index (χ4n) is 2.28. The summed E-state index contributed by atoms with van der Waals surface area (Å²) in [6.07, 6.45) is 0. The van der Waals surface area contributed by atoms with Crippen LogP contribution in [0.2, 0.25) is 0 Å². The summed E-state index contributed by atoms with van der Waals surface area (Å²) in [5.74, 6) is 1.15. The summed E-state index contributed by atoms with van der Waals surface area (Å²) in [6.45, 7) is 3.26. The van der Waals surface area contributed by atoms with Crippen molar-refractivity contribution in [3.05, 3.63) is 59.7 Å². The van der Waals surface area contributed by atoms with Gasteiger partial charge in [0, 0.05) is 11.6 Å². The van der Waals surface area contributed by atoms with Crippen molar-refractivity contribution in [3.63, 3.8) is 0 Å². The Kier molecular flexibility index (Phi) is 2.91. The average Bonchev–Trinajstić information content (AvgIpc) is 2.73. The maximum absolute atomic E-state index is 2.33. The van der Waals surface area contributed by atoms with E-state index in [-0.39, 0.29) is 0 Å². The van der Waals surface area contributed by atoms with E-state index in [4.69, 9.17) is 0 Å². The fourth-order valence-corrected chi connectivity index (χ4v) is 3.39. The first kappa shape index (κ1) is 10.9. The number of hydrogen-bond donors (Lipinski definition) is 1. The van der Waals surface area contributed by atoms with Gasteiger partial charge in [0.1, 0.15) is 18.1 Å². The standard InChI is InChI=1S/C15H15NS/c1-12-7-8-15-14(9-12)16(11-17-15)10-13-5-3-2-4-6-13/h2-9H,10-11H2,1H3/p+1. The summed E-state index contributed by atoms with van der Waals surface area (Å²) in [5.41, 5.74) is 4.24. The zero-order chi connectivity index (χ0) is 11.7. The lowest BCUT2D eigenvalue weighted by atomic mass is 10.2. The fraction of sp³-hybridized carbons (Fsp3) is 0.200. The maximum atomic E-state index is 2.33. The number of nitrogens with one attached hydrogen (secondary N) is 1. The molecule has 1 aliphatic rings. The van der Waals surface area contributed by atoms with E-state index in [0.29, 0.717) is 0 Å². The number of aryl methyl sites for hydroxylation is 1. The molecule has 86 valence electrons. The predicted molar refractivity (Wildman–Crippen MR) is 72.7 cm³/mol. The first-order chi connectivity index (χ1) is 8.33. The van der Waals surface area contributed by atoms with Crippen LogP contribution in [-0.2, 0) is 6.54 Å². The van der Waals surface area contributed by atoms with Gasteiger partial charge in [-0.05, 0) is 18.6 Å². The molecular weight excluding hydrogens is 226 g/mol. The second-order valence-corrected chi connectivity index (χ2v) is 5.57. The zero-order valence-corrected chi connectivity index (χ0v) is 10.8. The van der Waals surface area contributed by atoms with Crippen LogP contribution in [0, 0.1) is 6.92 Å². The summed E-state index contributed by atoms with van der Waals surface area (Å²) >= 11 is 1.97. The van der Waals surface area contributed by atoms with E-state index in [0.717, 1.165) is 12.4 Å². The van der Waals surface area contributed by atoms with E-state index in [1.807, 2.05) is 11.8 Å². The molecule has 0 amide bonds. The summed E-state index contributed by atoms with van der Waals surface area (Å²) in [4.78, 5) is 3.02. The lowest BCUT2D eigenvalue weighted by Crippen LogP contribution is -3.04. The highest BCUT2D eigenvalue weighted by Gasteiger charge is 2.25. The maximum Gasteiger partial charge on any atom is 0.146 e. The Labute approximate surface area is 106 Å². The van der Waals surface area contributed by atoms with Crippen LogP contribution in [0.4, 0.5) is 5.69 Å². The average molecular weight is 242 g/mol. The highest BCUT2D eigenvalue weighted by atomic mass is 32.2. The SMILES string of the molecule is Cc1ccc2c(c1)[NH+](Cc1ccccc1)CS2. The van der Waals surface area contributed by atoms with Gasteiger partial charge in [-0.15, -0.1) is 0 Å². The van der Waals surface area contributed by atoms with E-state index in [2.05, 4.69) is 55.5 Å². The van der Waals surface area contributed by atoms with Crippen LogP contribution in [-0.4, -0.2) is 5.88 Å². The molecule has 0 fully saturated rings. The molecule has 1 heterocycles. The minimum atomic E-state index is 1.09. The van der Waals surface area contributed by atoms with E-state index in [1.165, 1.54) is 21.7 Å². The van der Waals surface area contributed by atoms with Crippen LogP contribution in [0.3, 0.4) is 0 Å². The Morgan fingerprint density at radius 3 is 2.76 bits per heavy atom. The van der Waals surface area contributed by atoms with Gasteiger partial charge in [0.2, 0.25) is 0 Å². The minimum Gasteiger partial charge on any atom is -0.289 e. The molecule has 1 unspecified atom stereocenters. The van der Waals surface area contributed by atoms with Crippen LogP contribution in [0.25, 0.3) is 0 Å². The van der Waals surface area contributed by atoms with Gasteiger partial charge in [-0.2, -0.15) is 0 Å². The number of fused-ring (bicyclic) bond motifs is 1. The molecule has 0 spiro atoms. The summed E-state index contributed by atoms with van der Waals surface area (Å²) in [5, 5.41) is 0. The molecule has 0 aromatic heterocycles. The number of rotatable bonds is 2. The molecule has 3 rings (SSSR count). The number of thioether (sulfide) groups is 1. The van der Waals surface area contributed by atoms with Gasteiger partial charge in [0.25, 0.3) is 0 Å². The minimum absolute atomic E-state index is 1.09. The summed E-state index contributed by atoms with van der Waals surface area (Å²) in [6, 6.07) is 17.5. The summed E-state index contributed by atoms with van der Waals surface area (Å²) < 4.78 is 0. The molecule has 0 saturated carbocycles. The van der Waals surface area contributed by atoms with Crippen LogP contribution in [0.5, 0.6) is 0 Å². The Bertz CT molecular complexity index is 522. The van der Waals surface area contributed by atoms with Crippen molar-refractivity contribution in [2.24, 2.45) is 0 Å². The Balaban J connectivity index is 1.86. The van der Waals surface area contributed by atoms with Crippen LogP contribution in [0.1, 0.15) is 11.1 Å². The predicted octanol–water partition coefficient (Wildman–Crippen LogP) is 2.77. The van der Waals surface area contributed by atoms with E-state index >= 15 is 0 Å². The van der Waals surface area contributed by atoms with Crippen molar-refractivity contribution in [2.75, 3.05) is 5.88 Å². The van der Waals surface area contributed by atoms with Gasteiger partial charge in [0.05, 0.1) is 4.90 Å². The third-order valence-electron chi connectivity index (χ3n) is 3.18. The van der Waals surface area contributed by atoms with E-state index in [1.54, 1.807) is 4.90 Å². The highest BCUT2D eigenvalue weighted by molar-refractivity contribution is 7.99.